The fraction of sp³-hybridized carbons (Fsp3) is 0.200. The van der Waals surface area contributed by atoms with Gasteiger partial charge in [-0.3, -0.25) is 9.59 Å². The van der Waals surface area contributed by atoms with Crippen LogP contribution in [0.1, 0.15) is 16.1 Å². The van der Waals surface area contributed by atoms with Gasteiger partial charge in [-0.1, -0.05) is 23.7 Å². The van der Waals surface area contributed by atoms with Crippen molar-refractivity contribution in [2.24, 2.45) is 0 Å². The molecule has 1 aromatic heterocycles. The molecule has 0 aliphatic carbocycles. The van der Waals surface area contributed by atoms with Gasteiger partial charge >= 0.3 is 0 Å². The van der Waals surface area contributed by atoms with Crippen LogP contribution in [0.4, 0.5) is 0 Å². The van der Waals surface area contributed by atoms with Gasteiger partial charge in [0.05, 0.1) is 6.54 Å². The molecule has 6 heteroatoms. The molecule has 21 heavy (non-hydrogen) atoms. The molecule has 1 aliphatic rings. The number of hydrogen-bond acceptors (Lipinski definition) is 2. The van der Waals surface area contributed by atoms with Gasteiger partial charge < -0.3 is 15.2 Å². The number of nitrogens with zero attached hydrogens (tertiary/aromatic N) is 1. The lowest BCUT2D eigenvalue weighted by atomic mass is 10.2. The minimum atomic E-state index is -0.551. The standard InChI is InChI=1S/C15H14ClN3O2/c16-11-5-3-10(4-6-11)8-17-14(20)12-9-19-7-1-2-13(19)15(21)18-12/h1-7,12H,8-9H2,(H,17,20)(H,18,21). The van der Waals surface area contributed by atoms with Crippen LogP contribution in [0.25, 0.3) is 0 Å². The lowest BCUT2D eigenvalue weighted by Crippen LogP contribution is -2.52. The molecule has 2 N–H and O–H groups in total. The largest absolute Gasteiger partial charge is 0.350 e. The van der Waals surface area contributed by atoms with Crippen LogP contribution in [-0.2, 0) is 17.9 Å². The highest BCUT2D eigenvalue weighted by molar-refractivity contribution is 6.30. The molecule has 1 atom stereocenters. The van der Waals surface area contributed by atoms with Crippen molar-refractivity contribution in [1.29, 1.82) is 0 Å². The number of hydrogen-bond donors (Lipinski definition) is 2. The van der Waals surface area contributed by atoms with Crippen molar-refractivity contribution >= 4 is 23.4 Å². The van der Waals surface area contributed by atoms with Crippen molar-refractivity contribution in [3.8, 4) is 0 Å². The number of fused-ring (bicyclic) bond motifs is 1. The third-order valence-electron chi connectivity index (χ3n) is 3.44. The summed E-state index contributed by atoms with van der Waals surface area (Å²) < 4.78 is 1.78. The lowest BCUT2D eigenvalue weighted by Gasteiger charge is -2.24. The van der Waals surface area contributed by atoms with E-state index in [1.807, 2.05) is 12.1 Å². The summed E-state index contributed by atoms with van der Waals surface area (Å²) in [5.41, 5.74) is 1.54. The Morgan fingerprint density at radius 1 is 1.33 bits per heavy atom. The SMILES string of the molecule is O=C1NC(C(=O)NCc2ccc(Cl)cc2)Cn2cccc21. The average molecular weight is 304 g/mol. The first-order valence-corrected chi connectivity index (χ1v) is 6.99. The van der Waals surface area contributed by atoms with Crippen molar-refractivity contribution < 1.29 is 9.59 Å². The first kappa shape index (κ1) is 13.7. The quantitative estimate of drug-likeness (QED) is 0.904. The molecule has 2 amide bonds. The minimum absolute atomic E-state index is 0.197. The number of nitrogens with one attached hydrogen (secondary N) is 2. The highest BCUT2D eigenvalue weighted by atomic mass is 35.5. The Bertz CT molecular complexity index is 678. The predicted molar refractivity (Wildman–Crippen MR) is 79.0 cm³/mol. The smallest absolute Gasteiger partial charge is 0.268 e. The molecular formula is C15H14ClN3O2. The van der Waals surface area contributed by atoms with E-state index in [2.05, 4.69) is 10.6 Å². The van der Waals surface area contributed by atoms with Crippen LogP contribution in [0.5, 0.6) is 0 Å². The van der Waals surface area contributed by atoms with E-state index >= 15 is 0 Å². The molecule has 2 heterocycles. The van der Waals surface area contributed by atoms with E-state index in [1.165, 1.54) is 0 Å². The van der Waals surface area contributed by atoms with E-state index in [9.17, 15) is 9.59 Å². The fourth-order valence-corrected chi connectivity index (χ4v) is 2.44. The number of rotatable bonds is 3. The first-order valence-electron chi connectivity index (χ1n) is 6.61. The van der Waals surface area contributed by atoms with Crippen molar-refractivity contribution in [3.05, 3.63) is 58.9 Å². The summed E-state index contributed by atoms with van der Waals surface area (Å²) in [7, 11) is 0. The Morgan fingerprint density at radius 3 is 2.86 bits per heavy atom. The Balaban J connectivity index is 1.62. The number of carbonyl (C=O) groups excluding carboxylic acids is 2. The summed E-state index contributed by atoms with van der Waals surface area (Å²) >= 11 is 5.81. The van der Waals surface area contributed by atoms with Crippen LogP contribution in [0.2, 0.25) is 5.02 Å². The summed E-state index contributed by atoms with van der Waals surface area (Å²) in [4.78, 5) is 24.0. The zero-order valence-corrected chi connectivity index (χ0v) is 11.9. The molecular weight excluding hydrogens is 290 g/mol. The maximum atomic E-state index is 12.2. The Morgan fingerprint density at radius 2 is 2.10 bits per heavy atom. The zero-order valence-electron chi connectivity index (χ0n) is 11.2. The molecule has 0 bridgehead atoms. The van der Waals surface area contributed by atoms with Gasteiger partial charge in [-0.15, -0.1) is 0 Å². The molecule has 1 aromatic carbocycles. The summed E-state index contributed by atoms with van der Waals surface area (Å²) in [6.45, 7) is 0.849. The van der Waals surface area contributed by atoms with Crippen molar-refractivity contribution in [3.63, 3.8) is 0 Å². The number of carbonyl (C=O) groups is 2. The van der Waals surface area contributed by atoms with E-state index in [4.69, 9.17) is 11.6 Å². The second-order valence-corrected chi connectivity index (χ2v) is 5.35. The lowest BCUT2D eigenvalue weighted by molar-refractivity contribution is -0.123. The molecule has 0 spiro atoms. The molecule has 5 nitrogen and oxygen atoms in total. The Kier molecular flexibility index (Phi) is 3.66. The molecule has 0 saturated carbocycles. The highest BCUT2D eigenvalue weighted by Gasteiger charge is 2.28. The molecule has 2 aromatic rings. The van der Waals surface area contributed by atoms with Crippen molar-refractivity contribution in [1.82, 2.24) is 15.2 Å². The summed E-state index contributed by atoms with van der Waals surface area (Å²) in [5, 5.41) is 6.19. The summed E-state index contributed by atoms with van der Waals surface area (Å²) in [5.74, 6) is -0.421. The molecule has 108 valence electrons. The van der Waals surface area contributed by atoms with Crippen LogP contribution < -0.4 is 10.6 Å². The van der Waals surface area contributed by atoms with E-state index in [0.29, 0.717) is 23.8 Å². The number of halogens is 1. The van der Waals surface area contributed by atoms with Gasteiger partial charge in [0.2, 0.25) is 5.91 Å². The van der Waals surface area contributed by atoms with Crippen LogP contribution >= 0.6 is 11.6 Å². The van der Waals surface area contributed by atoms with E-state index in [0.717, 1.165) is 5.56 Å². The molecule has 1 unspecified atom stereocenters. The Labute approximate surface area is 126 Å². The first-order chi connectivity index (χ1) is 10.1. The normalized spacial score (nSPS) is 17.0. The third-order valence-corrected chi connectivity index (χ3v) is 3.70. The van der Waals surface area contributed by atoms with Gasteiger partial charge in [-0.2, -0.15) is 0 Å². The Hall–Kier alpha value is -2.27. The average Bonchev–Trinajstić information content (AvgIpc) is 2.95. The number of aromatic nitrogens is 1. The predicted octanol–water partition coefficient (Wildman–Crippen LogP) is 1.57. The van der Waals surface area contributed by atoms with Crippen molar-refractivity contribution in [2.75, 3.05) is 0 Å². The summed E-state index contributed by atoms with van der Waals surface area (Å²) in [6.07, 6.45) is 1.80. The molecule has 0 fully saturated rings. The van der Waals surface area contributed by atoms with E-state index in [-0.39, 0.29) is 11.8 Å². The van der Waals surface area contributed by atoms with Gasteiger partial charge in [-0.05, 0) is 29.8 Å². The molecule has 0 radical (unpaired) electrons. The molecule has 3 rings (SSSR count). The monoisotopic (exact) mass is 303 g/mol. The maximum Gasteiger partial charge on any atom is 0.268 e. The zero-order chi connectivity index (χ0) is 14.8. The third kappa shape index (κ3) is 2.92. The second-order valence-electron chi connectivity index (χ2n) is 4.92. The van der Waals surface area contributed by atoms with Crippen LogP contribution in [0.3, 0.4) is 0 Å². The number of amides is 2. The minimum Gasteiger partial charge on any atom is -0.350 e. The highest BCUT2D eigenvalue weighted by Crippen LogP contribution is 2.11. The van der Waals surface area contributed by atoms with Gasteiger partial charge in [0.1, 0.15) is 11.7 Å². The van der Waals surface area contributed by atoms with Gasteiger partial charge in [0.15, 0.2) is 0 Å². The summed E-state index contributed by atoms with van der Waals surface area (Å²) in [6, 6.07) is 10.2. The van der Waals surface area contributed by atoms with Crippen LogP contribution in [0, 0.1) is 0 Å². The van der Waals surface area contributed by atoms with Crippen LogP contribution in [0.15, 0.2) is 42.6 Å². The maximum absolute atomic E-state index is 12.2. The van der Waals surface area contributed by atoms with E-state index < -0.39 is 6.04 Å². The van der Waals surface area contributed by atoms with Gasteiger partial charge in [0, 0.05) is 17.8 Å². The molecule has 1 aliphatic heterocycles. The van der Waals surface area contributed by atoms with Crippen molar-refractivity contribution in [2.45, 2.75) is 19.1 Å². The second kappa shape index (κ2) is 5.61. The number of benzene rings is 1. The fourth-order valence-electron chi connectivity index (χ4n) is 2.32. The van der Waals surface area contributed by atoms with Gasteiger partial charge in [-0.25, -0.2) is 0 Å². The van der Waals surface area contributed by atoms with Gasteiger partial charge in [0.25, 0.3) is 5.91 Å². The molecule has 0 saturated heterocycles. The van der Waals surface area contributed by atoms with Crippen LogP contribution in [-0.4, -0.2) is 22.4 Å². The van der Waals surface area contributed by atoms with E-state index in [1.54, 1.807) is 35.0 Å². The topological polar surface area (TPSA) is 63.1 Å².